The first-order chi connectivity index (χ1) is 14.7. The number of nitrogens with zero attached hydrogens (tertiary/aromatic N) is 4. The molecule has 164 valence electrons. The van der Waals surface area contributed by atoms with Crippen molar-refractivity contribution >= 4 is 44.9 Å². The molecule has 0 unspecified atom stereocenters. The second kappa shape index (κ2) is 8.06. The van der Waals surface area contributed by atoms with E-state index in [1.54, 1.807) is 18.2 Å². The van der Waals surface area contributed by atoms with E-state index in [4.69, 9.17) is 0 Å². The summed E-state index contributed by atoms with van der Waals surface area (Å²) in [5, 5.41) is 1.84. The molecule has 2 aliphatic rings. The maximum absolute atomic E-state index is 12.8. The van der Waals surface area contributed by atoms with Gasteiger partial charge < -0.3 is 4.90 Å². The molecule has 1 aromatic carbocycles. The van der Waals surface area contributed by atoms with Gasteiger partial charge in [-0.05, 0) is 48.1 Å². The Hall–Kier alpha value is -2.76. The van der Waals surface area contributed by atoms with Crippen LogP contribution >= 0.6 is 11.3 Å². The van der Waals surface area contributed by atoms with Crippen LogP contribution in [0.1, 0.15) is 16.9 Å². The second-order valence-corrected chi connectivity index (χ2v) is 10.8. The van der Waals surface area contributed by atoms with Gasteiger partial charge in [-0.15, -0.1) is 11.3 Å². The number of hydrogen-bond acceptors (Lipinski definition) is 7. The number of imide groups is 2. The highest BCUT2D eigenvalue weighted by atomic mass is 32.2. The third kappa shape index (κ3) is 3.84. The fraction of sp³-hybridized carbons (Fsp3) is 0.350. The Balaban J connectivity index is 1.56. The molecule has 3 heterocycles. The lowest BCUT2D eigenvalue weighted by Gasteiger charge is -2.33. The maximum Gasteiger partial charge on any atom is 0.336 e. The Labute approximate surface area is 184 Å². The largest absolute Gasteiger partial charge is 0.353 e. The van der Waals surface area contributed by atoms with Crippen LogP contribution in [0.25, 0.3) is 0 Å². The zero-order valence-electron chi connectivity index (χ0n) is 17.1. The molecule has 0 N–H and O–H groups in total. The van der Waals surface area contributed by atoms with Gasteiger partial charge in [0, 0.05) is 31.2 Å². The number of carbonyl (C=O) groups is 3. The van der Waals surface area contributed by atoms with Crippen molar-refractivity contribution in [1.82, 2.24) is 14.1 Å². The first-order valence-electron chi connectivity index (χ1n) is 9.70. The molecule has 1 saturated heterocycles. The van der Waals surface area contributed by atoms with Gasteiger partial charge in [0.25, 0.3) is 0 Å². The summed E-state index contributed by atoms with van der Waals surface area (Å²) >= 11 is 1.41. The normalized spacial score (nSPS) is 17.1. The Bertz CT molecular complexity index is 1140. The lowest BCUT2D eigenvalue weighted by Crippen LogP contribution is -2.44. The van der Waals surface area contributed by atoms with Gasteiger partial charge in [0.15, 0.2) is 0 Å². The molecular weight excluding hydrogens is 440 g/mol. The molecule has 1 fully saturated rings. The monoisotopic (exact) mass is 462 g/mol. The summed E-state index contributed by atoms with van der Waals surface area (Å²) in [5.41, 5.74) is 1.59. The average Bonchev–Trinajstić information content (AvgIpc) is 3.33. The standard InChI is InChI=1S/C20H22N4O5S2/c1-21(2)31(28,29)16-7-8-17-14(11-16)5-3-9-22(17)13-24-19(26)18(25)23(20(24)27)12-15-6-4-10-30-15/h4,6-8,10-11H,3,5,9,12-13H2,1-2H3. The van der Waals surface area contributed by atoms with Crippen molar-refractivity contribution in [1.29, 1.82) is 0 Å². The highest BCUT2D eigenvalue weighted by molar-refractivity contribution is 7.89. The van der Waals surface area contributed by atoms with Crippen molar-refractivity contribution in [3.05, 3.63) is 46.2 Å². The molecule has 0 atom stereocenters. The molecule has 31 heavy (non-hydrogen) atoms. The molecule has 1 aromatic heterocycles. The first-order valence-corrected chi connectivity index (χ1v) is 12.0. The quantitative estimate of drug-likeness (QED) is 0.479. The fourth-order valence-electron chi connectivity index (χ4n) is 3.71. The zero-order chi connectivity index (χ0) is 22.3. The molecule has 4 rings (SSSR count). The molecule has 9 nitrogen and oxygen atoms in total. The van der Waals surface area contributed by atoms with Gasteiger partial charge in [0.2, 0.25) is 10.0 Å². The van der Waals surface area contributed by atoms with Gasteiger partial charge in [-0.3, -0.25) is 14.5 Å². The van der Waals surface area contributed by atoms with Gasteiger partial charge in [0.05, 0.1) is 11.4 Å². The molecule has 0 radical (unpaired) electrons. The Morgan fingerprint density at radius 2 is 1.81 bits per heavy atom. The van der Waals surface area contributed by atoms with Crippen LogP contribution in [-0.2, 0) is 32.6 Å². The van der Waals surface area contributed by atoms with E-state index >= 15 is 0 Å². The minimum absolute atomic E-state index is 0.0584. The number of carbonyl (C=O) groups excluding carboxylic acids is 3. The van der Waals surface area contributed by atoms with Crippen molar-refractivity contribution in [3.63, 3.8) is 0 Å². The van der Waals surface area contributed by atoms with Crippen molar-refractivity contribution in [2.24, 2.45) is 0 Å². The van der Waals surface area contributed by atoms with Crippen LogP contribution in [0.3, 0.4) is 0 Å². The van der Waals surface area contributed by atoms with Gasteiger partial charge >= 0.3 is 17.8 Å². The first kappa shape index (κ1) is 21.5. The molecule has 0 saturated carbocycles. The van der Waals surface area contributed by atoms with Crippen LogP contribution in [0, 0.1) is 0 Å². The number of amides is 4. The van der Waals surface area contributed by atoms with E-state index < -0.39 is 27.9 Å². The predicted molar refractivity (Wildman–Crippen MR) is 115 cm³/mol. The van der Waals surface area contributed by atoms with Crippen molar-refractivity contribution < 1.29 is 22.8 Å². The van der Waals surface area contributed by atoms with E-state index in [2.05, 4.69) is 0 Å². The van der Waals surface area contributed by atoms with Crippen LogP contribution in [0.5, 0.6) is 0 Å². The summed E-state index contributed by atoms with van der Waals surface area (Å²) in [6.07, 6.45) is 1.43. The molecule has 0 spiro atoms. The van der Waals surface area contributed by atoms with E-state index in [-0.39, 0.29) is 18.1 Å². The molecule has 11 heteroatoms. The molecule has 0 aliphatic carbocycles. The van der Waals surface area contributed by atoms with Crippen LogP contribution in [0.4, 0.5) is 10.5 Å². The van der Waals surface area contributed by atoms with Gasteiger partial charge in [-0.25, -0.2) is 22.4 Å². The maximum atomic E-state index is 12.8. The zero-order valence-corrected chi connectivity index (χ0v) is 18.8. The fourth-order valence-corrected chi connectivity index (χ4v) is 5.36. The summed E-state index contributed by atoms with van der Waals surface area (Å²) in [7, 11) is -0.608. The minimum atomic E-state index is -3.56. The summed E-state index contributed by atoms with van der Waals surface area (Å²) in [5.74, 6) is -1.68. The SMILES string of the molecule is CN(C)S(=O)(=O)c1ccc2c(c1)CCCN2CN1C(=O)C(=O)N(Cc2cccs2)C1=O. The van der Waals surface area contributed by atoms with Crippen molar-refractivity contribution in [2.45, 2.75) is 24.3 Å². The average molecular weight is 463 g/mol. The summed E-state index contributed by atoms with van der Waals surface area (Å²) in [4.78, 5) is 42.5. The van der Waals surface area contributed by atoms with Gasteiger partial charge in [-0.2, -0.15) is 0 Å². The Kier molecular flexibility index (Phi) is 5.58. The molecular formula is C20H22N4O5S2. The summed E-state index contributed by atoms with van der Waals surface area (Å²) in [6, 6.07) is 7.84. The number of fused-ring (bicyclic) bond motifs is 1. The third-order valence-electron chi connectivity index (χ3n) is 5.39. The number of anilines is 1. The highest BCUT2D eigenvalue weighted by Crippen LogP contribution is 2.31. The number of benzene rings is 1. The number of sulfonamides is 1. The summed E-state index contributed by atoms with van der Waals surface area (Å²) < 4.78 is 26.0. The van der Waals surface area contributed by atoms with Crippen molar-refractivity contribution in [3.8, 4) is 0 Å². The van der Waals surface area contributed by atoms with Gasteiger partial charge in [0.1, 0.15) is 6.67 Å². The smallest absolute Gasteiger partial charge is 0.336 e. The van der Waals surface area contributed by atoms with E-state index in [0.717, 1.165) is 36.7 Å². The number of aryl methyl sites for hydroxylation is 1. The number of rotatable bonds is 6. The molecule has 2 aromatic rings. The Morgan fingerprint density at radius 1 is 1.06 bits per heavy atom. The third-order valence-corrected chi connectivity index (χ3v) is 8.06. The van der Waals surface area contributed by atoms with Crippen LogP contribution in [0.15, 0.2) is 40.6 Å². The molecule has 2 aliphatic heterocycles. The van der Waals surface area contributed by atoms with Crippen LogP contribution in [-0.4, -0.2) is 67.7 Å². The second-order valence-electron chi connectivity index (χ2n) is 7.57. The molecule has 4 amide bonds. The topological polar surface area (TPSA) is 98.3 Å². The van der Waals surface area contributed by atoms with E-state index in [0.29, 0.717) is 13.0 Å². The molecule has 0 bridgehead atoms. The van der Waals surface area contributed by atoms with E-state index in [1.165, 1.54) is 31.5 Å². The Morgan fingerprint density at radius 3 is 2.48 bits per heavy atom. The lowest BCUT2D eigenvalue weighted by molar-refractivity contribution is -0.143. The van der Waals surface area contributed by atoms with E-state index in [9.17, 15) is 22.8 Å². The number of urea groups is 1. The lowest BCUT2D eigenvalue weighted by atomic mass is 10.0. The van der Waals surface area contributed by atoms with Crippen molar-refractivity contribution in [2.75, 3.05) is 32.2 Å². The summed E-state index contributed by atoms with van der Waals surface area (Å²) in [6.45, 7) is 0.597. The van der Waals surface area contributed by atoms with Gasteiger partial charge in [-0.1, -0.05) is 6.07 Å². The number of thiophene rings is 1. The van der Waals surface area contributed by atoms with Crippen LogP contribution < -0.4 is 4.90 Å². The minimum Gasteiger partial charge on any atom is -0.353 e. The predicted octanol–water partition coefficient (Wildman–Crippen LogP) is 1.70. The van der Waals surface area contributed by atoms with E-state index in [1.807, 2.05) is 16.3 Å². The highest BCUT2D eigenvalue weighted by Gasteiger charge is 2.45. The van der Waals surface area contributed by atoms with Crippen LogP contribution in [0.2, 0.25) is 0 Å². The number of hydrogen-bond donors (Lipinski definition) is 0.